The van der Waals surface area contributed by atoms with Gasteiger partial charge in [-0.1, -0.05) is 17.7 Å². The minimum atomic E-state index is -4.36. The van der Waals surface area contributed by atoms with Crippen LogP contribution in [0.25, 0.3) is 6.08 Å². The molecule has 1 fully saturated rings. The Labute approximate surface area is 195 Å². The van der Waals surface area contributed by atoms with Gasteiger partial charge >= 0.3 is 0 Å². The molecule has 0 N–H and O–H groups in total. The highest BCUT2D eigenvalue weighted by atomic mass is 35.5. The van der Waals surface area contributed by atoms with Gasteiger partial charge in [0.15, 0.2) is 16.4 Å². The maximum Gasteiger partial charge on any atom is 0.249 e. The minimum absolute atomic E-state index is 0.0778. The first-order chi connectivity index (χ1) is 15.8. The van der Waals surface area contributed by atoms with Crippen molar-refractivity contribution in [3.05, 3.63) is 58.6 Å². The van der Waals surface area contributed by atoms with Crippen molar-refractivity contribution in [2.75, 3.05) is 39.4 Å². The molecule has 2 aromatic carbocycles. The van der Waals surface area contributed by atoms with Gasteiger partial charge in [0.1, 0.15) is 11.6 Å². The molecule has 0 saturated carbocycles. The van der Waals surface area contributed by atoms with E-state index in [1.165, 1.54) is 11.0 Å². The van der Waals surface area contributed by atoms with Gasteiger partial charge in [0.05, 0.1) is 18.2 Å². The maximum atomic E-state index is 14.0. The predicted octanol–water partition coefficient (Wildman–Crippen LogP) is 3.33. The zero-order valence-corrected chi connectivity index (χ0v) is 19.0. The van der Waals surface area contributed by atoms with Crippen LogP contribution >= 0.6 is 11.6 Å². The van der Waals surface area contributed by atoms with Crippen LogP contribution in [0.4, 0.5) is 8.78 Å². The van der Waals surface area contributed by atoms with E-state index in [1.807, 2.05) is 0 Å². The largest absolute Gasteiger partial charge is 0.489 e. The monoisotopic (exact) mass is 498 g/mol. The van der Waals surface area contributed by atoms with E-state index >= 15 is 0 Å². The topological polar surface area (TPSA) is 76.2 Å². The fourth-order valence-electron chi connectivity index (χ4n) is 3.63. The third-order valence-electron chi connectivity index (χ3n) is 5.31. The highest BCUT2D eigenvalue weighted by Gasteiger charge is 2.33. The van der Waals surface area contributed by atoms with Crippen molar-refractivity contribution in [1.82, 2.24) is 9.21 Å². The lowest BCUT2D eigenvalue weighted by molar-refractivity contribution is -0.127. The molecular weight excluding hydrogens is 478 g/mol. The van der Waals surface area contributed by atoms with Crippen LogP contribution in [0.1, 0.15) is 12.0 Å². The number of carbonyl (C=O) groups is 1. The number of carbonyl (C=O) groups excluding carboxylic acids is 1. The molecule has 176 valence electrons. The Morgan fingerprint density at radius 2 is 1.70 bits per heavy atom. The summed E-state index contributed by atoms with van der Waals surface area (Å²) in [5, 5.41) is 0.376. The second-order valence-electron chi connectivity index (χ2n) is 7.49. The molecule has 0 spiro atoms. The third-order valence-corrected chi connectivity index (χ3v) is 7.54. The zero-order valence-electron chi connectivity index (χ0n) is 17.5. The lowest BCUT2D eigenvalue weighted by Crippen LogP contribution is -2.50. The van der Waals surface area contributed by atoms with Crippen molar-refractivity contribution in [1.29, 1.82) is 0 Å². The molecule has 2 aliphatic heterocycles. The van der Waals surface area contributed by atoms with Gasteiger partial charge in [-0.25, -0.2) is 17.2 Å². The summed E-state index contributed by atoms with van der Waals surface area (Å²) in [6.45, 7) is 1.02. The summed E-state index contributed by atoms with van der Waals surface area (Å²) in [4.78, 5) is 13.1. The standard InChI is InChI=1S/C22H21ClF2N2O5S/c23-16-13-15(14-19-21(16)32-12-2-11-31-19)5-6-20(28)26-7-9-27(10-8-26)33(29,30)22-17(24)3-1-4-18(22)25/h1,3-6,13-14H,2,7-12H2. The molecule has 1 amide bonds. The normalized spacial score (nSPS) is 17.2. The average Bonchev–Trinajstić information content (AvgIpc) is 3.03. The molecule has 0 aromatic heterocycles. The second kappa shape index (κ2) is 9.66. The summed E-state index contributed by atoms with van der Waals surface area (Å²) >= 11 is 6.27. The summed E-state index contributed by atoms with van der Waals surface area (Å²) in [6, 6.07) is 6.28. The molecule has 2 heterocycles. The van der Waals surface area contributed by atoms with Crippen LogP contribution in [-0.4, -0.2) is 62.9 Å². The average molecular weight is 499 g/mol. The summed E-state index contributed by atoms with van der Waals surface area (Å²) in [5.41, 5.74) is 0.647. The SMILES string of the molecule is O=C(C=Cc1cc(Cl)c2c(c1)OCCCO2)N1CCN(S(=O)(=O)c2c(F)cccc2F)CC1. The Kier molecular flexibility index (Phi) is 6.87. The Hall–Kier alpha value is -2.69. The molecule has 0 atom stereocenters. The molecule has 2 aliphatic rings. The predicted molar refractivity (Wildman–Crippen MR) is 118 cm³/mol. The number of ether oxygens (including phenoxy) is 2. The van der Waals surface area contributed by atoms with E-state index in [4.69, 9.17) is 21.1 Å². The molecule has 1 saturated heterocycles. The molecular formula is C22H21ClF2N2O5S. The number of benzene rings is 2. The molecule has 33 heavy (non-hydrogen) atoms. The number of halogens is 3. The van der Waals surface area contributed by atoms with Crippen molar-refractivity contribution in [3.8, 4) is 11.5 Å². The van der Waals surface area contributed by atoms with Crippen LogP contribution < -0.4 is 9.47 Å². The van der Waals surface area contributed by atoms with E-state index < -0.39 is 26.6 Å². The Bertz CT molecular complexity index is 1180. The van der Waals surface area contributed by atoms with Gasteiger partial charge in [-0.05, 0) is 35.9 Å². The van der Waals surface area contributed by atoms with Crippen molar-refractivity contribution in [2.24, 2.45) is 0 Å². The molecule has 0 radical (unpaired) electrons. The van der Waals surface area contributed by atoms with Gasteiger partial charge in [-0.15, -0.1) is 0 Å². The molecule has 2 aromatic rings. The number of hydrogen-bond acceptors (Lipinski definition) is 5. The van der Waals surface area contributed by atoms with Gasteiger partial charge < -0.3 is 14.4 Å². The molecule has 0 aliphatic carbocycles. The van der Waals surface area contributed by atoms with E-state index in [-0.39, 0.29) is 32.1 Å². The number of sulfonamides is 1. The lowest BCUT2D eigenvalue weighted by atomic mass is 10.1. The van der Waals surface area contributed by atoms with Gasteiger partial charge in [0.25, 0.3) is 0 Å². The van der Waals surface area contributed by atoms with Gasteiger partial charge in [0, 0.05) is 38.7 Å². The van der Waals surface area contributed by atoms with Crippen LogP contribution in [0.2, 0.25) is 5.02 Å². The van der Waals surface area contributed by atoms with E-state index in [1.54, 1.807) is 18.2 Å². The fraction of sp³-hybridized carbons (Fsp3) is 0.318. The van der Waals surface area contributed by atoms with Crippen molar-refractivity contribution in [3.63, 3.8) is 0 Å². The van der Waals surface area contributed by atoms with Crippen molar-refractivity contribution < 1.29 is 31.5 Å². The Morgan fingerprint density at radius 1 is 1.03 bits per heavy atom. The number of hydrogen-bond donors (Lipinski definition) is 0. The van der Waals surface area contributed by atoms with Crippen LogP contribution in [0.15, 0.2) is 41.3 Å². The van der Waals surface area contributed by atoms with E-state index in [9.17, 15) is 22.0 Å². The first-order valence-corrected chi connectivity index (χ1v) is 12.1. The number of fused-ring (bicyclic) bond motifs is 1. The molecule has 4 rings (SSSR count). The highest BCUT2D eigenvalue weighted by Crippen LogP contribution is 2.38. The summed E-state index contributed by atoms with van der Waals surface area (Å²) in [7, 11) is -4.36. The molecule has 7 nitrogen and oxygen atoms in total. The van der Waals surface area contributed by atoms with Crippen LogP contribution in [0.5, 0.6) is 11.5 Å². The Balaban J connectivity index is 1.41. The first-order valence-electron chi connectivity index (χ1n) is 10.3. The third kappa shape index (κ3) is 4.97. The van der Waals surface area contributed by atoms with Crippen LogP contribution in [-0.2, 0) is 14.8 Å². The highest BCUT2D eigenvalue weighted by molar-refractivity contribution is 7.89. The molecule has 0 unspecified atom stereocenters. The van der Waals surface area contributed by atoms with Crippen molar-refractivity contribution >= 4 is 33.6 Å². The number of piperazine rings is 1. The minimum Gasteiger partial charge on any atom is -0.489 e. The summed E-state index contributed by atoms with van der Waals surface area (Å²) < 4.78 is 65.5. The number of rotatable bonds is 4. The van der Waals surface area contributed by atoms with Gasteiger partial charge in [-0.3, -0.25) is 4.79 Å². The van der Waals surface area contributed by atoms with Gasteiger partial charge in [-0.2, -0.15) is 4.31 Å². The second-order valence-corrected chi connectivity index (χ2v) is 9.78. The fourth-order valence-corrected chi connectivity index (χ4v) is 5.43. The van der Waals surface area contributed by atoms with Crippen molar-refractivity contribution in [2.45, 2.75) is 11.3 Å². The smallest absolute Gasteiger partial charge is 0.249 e. The lowest BCUT2D eigenvalue weighted by Gasteiger charge is -2.33. The van der Waals surface area contributed by atoms with E-state index in [0.29, 0.717) is 35.3 Å². The number of amides is 1. The Morgan fingerprint density at radius 3 is 2.39 bits per heavy atom. The molecule has 0 bridgehead atoms. The summed E-state index contributed by atoms with van der Waals surface area (Å²) in [5.74, 6) is -1.64. The molecule has 11 heteroatoms. The quantitative estimate of drug-likeness (QED) is 0.604. The van der Waals surface area contributed by atoms with E-state index in [2.05, 4.69) is 0 Å². The maximum absolute atomic E-state index is 14.0. The van der Waals surface area contributed by atoms with Crippen LogP contribution in [0.3, 0.4) is 0 Å². The zero-order chi connectivity index (χ0) is 23.6. The first kappa shape index (κ1) is 23.5. The van der Waals surface area contributed by atoms with E-state index in [0.717, 1.165) is 28.9 Å². The van der Waals surface area contributed by atoms with Gasteiger partial charge in [0.2, 0.25) is 15.9 Å². The van der Waals surface area contributed by atoms with Crippen LogP contribution in [0, 0.1) is 11.6 Å². The summed E-state index contributed by atoms with van der Waals surface area (Å²) in [6.07, 6.45) is 3.68. The number of nitrogens with zero attached hydrogens (tertiary/aromatic N) is 2.